The predicted octanol–water partition coefficient (Wildman–Crippen LogP) is 3.81. The maximum atomic E-state index is 4.86. The van der Waals surface area contributed by atoms with Crippen molar-refractivity contribution in [2.45, 2.75) is 53.1 Å². The number of fused-ring (bicyclic) bond motifs is 5. The van der Waals surface area contributed by atoms with Crippen LogP contribution in [0.15, 0.2) is 30.6 Å². The number of aryl methyl sites for hydroxylation is 2. The maximum Gasteiger partial charge on any atom is 0.0922 e. The van der Waals surface area contributed by atoms with Gasteiger partial charge in [-0.05, 0) is 31.4 Å². The van der Waals surface area contributed by atoms with E-state index in [9.17, 15) is 0 Å². The standard InChI is InChI=1S/C17H20N4.C2H6/c1-12(2)20-10-7-15-14(11-20)17-16-13(5-3-8-18-16)6-4-9-21(17)19-15;1-2/h3,5,8H,1,4,6-7,9-11H2,2H3;1-2H3. The predicted molar refractivity (Wildman–Crippen MR) is 94.1 cm³/mol. The lowest BCUT2D eigenvalue weighted by molar-refractivity contribution is 0.323. The second kappa shape index (κ2) is 6.57. The summed E-state index contributed by atoms with van der Waals surface area (Å²) >= 11 is 0. The van der Waals surface area contributed by atoms with Crippen LogP contribution in [0.2, 0.25) is 0 Å². The van der Waals surface area contributed by atoms with Gasteiger partial charge in [0.15, 0.2) is 0 Å². The third-order valence-electron chi connectivity index (χ3n) is 4.57. The van der Waals surface area contributed by atoms with E-state index < -0.39 is 0 Å². The number of pyridine rings is 1. The van der Waals surface area contributed by atoms with Gasteiger partial charge in [-0.15, -0.1) is 0 Å². The molecule has 0 N–H and O–H groups in total. The highest BCUT2D eigenvalue weighted by Crippen LogP contribution is 2.34. The zero-order valence-corrected chi connectivity index (χ0v) is 14.5. The lowest BCUT2D eigenvalue weighted by Crippen LogP contribution is -2.28. The van der Waals surface area contributed by atoms with Crippen LogP contribution in [0.3, 0.4) is 0 Å². The van der Waals surface area contributed by atoms with E-state index in [1.54, 1.807) is 0 Å². The summed E-state index contributed by atoms with van der Waals surface area (Å²) in [5, 5.41) is 4.86. The lowest BCUT2D eigenvalue weighted by atomic mass is 10.00. The molecule has 4 rings (SSSR count). The van der Waals surface area contributed by atoms with Gasteiger partial charge in [0.2, 0.25) is 0 Å². The molecule has 0 bridgehead atoms. The van der Waals surface area contributed by atoms with Gasteiger partial charge in [-0.25, -0.2) is 0 Å². The summed E-state index contributed by atoms with van der Waals surface area (Å²) in [4.78, 5) is 7.01. The molecule has 0 aromatic carbocycles. The third kappa shape index (κ3) is 2.78. The van der Waals surface area contributed by atoms with Gasteiger partial charge in [0.1, 0.15) is 0 Å². The van der Waals surface area contributed by atoms with Gasteiger partial charge in [0, 0.05) is 43.5 Å². The lowest BCUT2D eigenvalue weighted by Gasteiger charge is -2.28. The van der Waals surface area contributed by atoms with Crippen molar-refractivity contribution in [3.8, 4) is 11.4 Å². The van der Waals surface area contributed by atoms with Crippen LogP contribution >= 0.6 is 0 Å². The van der Waals surface area contributed by atoms with Crippen molar-refractivity contribution in [1.82, 2.24) is 19.7 Å². The van der Waals surface area contributed by atoms with E-state index in [-0.39, 0.29) is 0 Å². The monoisotopic (exact) mass is 310 g/mol. The Morgan fingerprint density at radius 3 is 2.83 bits per heavy atom. The average molecular weight is 310 g/mol. The van der Waals surface area contributed by atoms with Crippen LogP contribution in [0.1, 0.15) is 44.0 Å². The third-order valence-corrected chi connectivity index (χ3v) is 4.57. The van der Waals surface area contributed by atoms with Crippen molar-refractivity contribution in [1.29, 1.82) is 0 Å². The molecule has 0 saturated heterocycles. The first-order valence-corrected chi connectivity index (χ1v) is 8.67. The Kier molecular flexibility index (Phi) is 4.51. The summed E-state index contributed by atoms with van der Waals surface area (Å²) in [6, 6.07) is 4.24. The minimum Gasteiger partial charge on any atom is -0.371 e. The Morgan fingerprint density at radius 1 is 1.22 bits per heavy atom. The van der Waals surface area contributed by atoms with Crippen LogP contribution in [0.4, 0.5) is 0 Å². The van der Waals surface area contributed by atoms with Gasteiger partial charge in [0.25, 0.3) is 0 Å². The normalized spacial score (nSPS) is 15.5. The highest BCUT2D eigenvalue weighted by Gasteiger charge is 2.28. The van der Waals surface area contributed by atoms with Crippen LogP contribution in [-0.4, -0.2) is 26.2 Å². The number of hydrogen-bond donors (Lipinski definition) is 0. The van der Waals surface area contributed by atoms with Gasteiger partial charge in [0.05, 0.1) is 17.1 Å². The molecule has 2 aromatic heterocycles. The highest BCUT2D eigenvalue weighted by molar-refractivity contribution is 5.65. The number of allylic oxidation sites excluding steroid dienone is 1. The summed E-state index contributed by atoms with van der Waals surface area (Å²) in [5.41, 5.74) is 7.46. The minimum absolute atomic E-state index is 0.913. The zero-order valence-electron chi connectivity index (χ0n) is 14.5. The molecular formula is C19H26N4. The first-order valence-electron chi connectivity index (χ1n) is 8.67. The number of nitrogens with zero attached hydrogens (tertiary/aromatic N) is 4. The van der Waals surface area contributed by atoms with E-state index in [1.807, 2.05) is 26.1 Å². The number of aromatic nitrogens is 3. The smallest absolute Gasteiger partial charge is 0.0922 e. The van der Waals surface area contributed by atoms with E-state index in [4.69, 9.17) is 5.10 Å². The Morgan fingerprint density at radius 2 is 2.04 bits per heavy atom. The van der Waals surface area contributed by atoms with Crippen LogP contribution < -0.4 is 0 Å². The molecule has 23 heavy (non-hydrogen) atoms. The summed E-state index contributed by atoms with van der Waals surface area (Å²) in [6.45, 7) is 13.1. The van der Waals surface area contributed by atoms with Gasteiger partial charge < -0.3 is 4.90 Å². The summed E-state index contributed by atoms with van der Waals surface area (Å²) < 4.78 is 2.19. The van der Waals surface area contributed by atoms with E-state index in [1.165, 1.54) is 22.5 Å². The van der Waals surface area contributed by atoms with Crippen molar-refractivity contribution in [2.24, 2.45) is 0 Å². The maximum absolute atomic E-state index is 4.86. The molecule has 2 aromatic rings. The summed E-state index contributed by atoms with van der Waals surface area (Å²) in [7, 11) is 0. The first kappa shape index (κ1) is 15.8. The molecule has 0 unspecified atom stereocenters. The quantitative estimate of drug-likeness (QED) is 0.803. The second-order valence-corrected chi connectivity index (χ2v) is 6.02. The molecule has 0 saturated carbocycles. The molecule has 4 heterocycles. The fourth-order valence-corrected chi connectivity index (χ4v) is 3.45. The van der Waals surface area contributed by atoms with Gasteiger partial charge in [-0.2, -0.15) is 5.10 Å². The topological polar surface area (TPSA) is 34.0 Å². The number of hydrogen-bond acceptors (Lipinski definition) is 3. The van der Waals surface area contributed by atoms with Gasteiger partial charge in [-0.3, -0.25) is 9.67 Å². The Balaban J connectivity index is 0.000000753. The Labute approximate surface area is 138 Å². The fraction of sp³-hybridized carbons (Fsp3) is 0.474. The Bertz CT molecular complexity index is 714. The van der Waals surface area contributed by atoms with Crippen LogP contribution in [0.5, 0.6) is 0 Å². The second-order valence-electron chi connectivity index (χ2n) is 6.02. The van der Waals surface area contributed by atoms with E-state index in [0.29, 0.717) is 0 Å². The van der Waals surface area contributed by atoms with E-state index >= 15 is 0 Å². The minimum atomic E-state index is 0.913. The molecule has 0 fully saturated rings. The SMILES string of the molecule is C=C(C)N1CCc2nn3c(c2C1)-c1ncccc1CCC3.CC. The van der Waals surface area contributed by atoms with Crippen LogP contribution in [0, 0.1) is 0 Å². The van der Waals surface area contributed by atoms with E-state index in [0.717, 1.165) is 50.3 Å². The largest absolute Gasteiger partial charge is 0.371 e. The summed E-state index contributed by atoms with van der Waals surface area (Å²) in [6.07, 6.45) is 5.12. The van der Waals surface area contributed by atoms with Gasteiger partial charge >= 0.3 is 0 Å². The van der Waals surface area contributed by atoms with Crippen molar-refractivity contribution >= 4 is 0 Å². The van der Waals surface area contributed by atoms with Crippen molar-refractivity contribution in [3.63, 3.8) is 0 Å². The molecule has 0 aliphatic carbocycles. The average Bonchev–Trinajstić information content (AvgIpc) is 2.84. The van der Waals surface area contributed by atoms with E-state index in [2.05, 4.69) is 34.1 Å². The molecule has 4 heteroatoms. The Hall–Kier alpha value is -2.10. The van der Waals surface area contributed by atoms with Crippen molar-refractivity contribution in [2.75, 3.05) is 6.54 Å². The van der Waals surface area contributed by atoms with Crippen LogP contribution in [0.25, 0.3) is 11.4 Å². The zero-order chi connectivity index (χ0) is 16.4. The fourth-order valence-electron chi connectivity index (χ4n) is 3.45. The molecule has 0 amide bonds. The van der Waals surface area contributed by atoms with Crippen LogP contribution in [-0.2, 0) is 25.9 Å². The molecule has 0 atom stereocenters. The molecule has 122 valence electrons. The van der Waals surface area contributed by atoms with Crippen molar-refractivity contribution in [3.05, 3.63) is 47.4 Å². The molecule has 2 aliphatic heterocycles. The number of rotatable bonds is 1. The molecule has 0 radical (unpaired) electrons. The molecule has 0 spiro atoms. The molecular weight excluding hydrogens is 284 g/mol. The first-order chi connectivity index (χ1) is 11.2. The van der Waals surface area contributed by atoms with Crippen molar-refractivity contribution < 1.29 is 0 Å². The summed E-state index contributed by atoms with van der Waals surface area (Å²) in [5.74, 6) is 0. The van der Waals surface area contributed by atoms with Gasteiger partial charge in [-0.1, -0.05) is 26.5 Å². The molecule has 2 aliphatic rings. The molecule has 4 nitrogen and oxygen atoms in total. The highest BCUT2D eigenvalue weighted by atomic mass is 15.3.